The van der Waals surface area contributed by atoms with Crippen molar-refractivity contribution < 1.29 is 14.3 Å². The summed E-state index contributed by atoms with van der Waals surface area (Å²) in [4.78, 5) is 32.4. The molecule has 1 aromatic heterocycles. The molecule has 1 atom stereocenters. The fourth-order valence-electron chi connectivity index (χ4n) is 2.45. The third-order valence-electron chi connectivity index (χ3n) is 3.77. The number of anilines is 1. The van der Waals surface area contributed by atoms with E-state index in [1.165, 1.54) is 19.7 Å². The van der Waals surface area contributed by atoms with E-state index in [1.807, 2.05) is 0 Å². The Morgan fingerprint density at radius 2 is 2.04 bits per heavy atom. The second-order valence-corrected chi connectivity index (χ2v) is 5.70. The van der Waals surface area contributed by atoms with E-state index in [2.05, 4.69) is 20.6 Å². The van der Waals surface area contributed by atoms with Gasteiger partial charge < -0.3 is 21.1 Å². The number of hydrogen-bond acceptors (Lipinski definition) is 6. The normalized spacial score (nSPS) is 16.5. The Bertz CT molecular complexity index is 570. The molecule has 1 saturated carbocycles. The van der Waals surface area contributed by atoms with Crippen LogP contribution in [0, 0.1) is 0 Å². The Morgan fingerprint density at radius 3 is 2.65 bits per heavy atom. The van der Waals surface area contributed by atoms with Crippen molar-refractivity contribution in [3.05, 3.63) is 11.9 Å². The molecule has 1 fully saturated rings. The van der Waals surface area contributed by atoms with Gasteiger partial charge in [0.05, 0.1) is 19.3 Å². The summed E-state index contributed by atoms with van der Waals surface area (Å²) < 4.78 is 5.01. The Hall–Kier alpha value is -2.22. The van der Waals surface area contributed by atoms with Crippen molar-refractivity contribution in [3.63, 3.8) is 0 Å². The molecule has 23 heavy (non-hydrogen) atoms. The molecule has 0 aliphatic heterocycles. The summed E-state index contributed by atoms with van der Waals surface area (Å²) in [7, 11) is 1.44. The SMILES string of the molecule is COc1cnc(NC(=O)C(C)N)c(C(=O)NC2CCCCC2)n1. The predicted octanol–water partition coefficient (Wildman–Crippen LogP) is 0.833. The standard InChI is InChI=1S/C15H23N5O3/c1-9(16)14(21)20-13-12(19-11(23-2)8-17-13)15(22)18-10-6-4-3-5-7-10/h8-10H,3-7,16H2,1-2H3,(H,18,22)(H,17,20,21). The molecule has 0 radical (unpaired) electrons. The number of nitrogens with zero attached hydrogens (tertiary/aromatic N) is 2. The van der Waals surface area contributed by atoms with Crippen LogP contribution in [0.5, 0.6) is 5.88 Å². The minimum atomic E-state index is -0.715. The van der Waals surface area contributed by atoms with Gasteiger partial charge in [-0.25, -0.2) is 9.97 Å². The first kappa shape index (κ1) is 17.1. The molecule has 0 bridgehead atoms. The number of carbonyl (C=O) groups is 2. The van der Waals surface area contributed by atoms with Crippen LogP contribution in [0.1, 0.15) is 49.5 Å². The van der Waals surface area contributed by atoms with Crippen LogP contribution in [0.3, 0.4) is 0 Å². The molecule has 1 unspecified atom stereocenters. The van der Waals surface area contributed by atoms with Gasteiger partial charge in [0.25, 0.3) is 5.91 Å². The van der Waals surface area contributed by atoms with E-state index < -0.39 is 11.9 Å². The van der Waals surface area contributed by atoms with Crippen LogP contribution in [-0.2, 0) is 4.79 Å². The van der Waals surface area contributed by atoms with Crippen LogP contribution >= 0.6 is 0 Å². The van der Waals surface area contributed by atoms with Gasteiger partial charge in [-0.15, -0.1) is 0 Å². The first-order valence-corrected chi connectivity index (χ1v) is 7.79. The number of hydrogen-bond donors (Lipinski definition) is 3. The molecule has 0 spiro atoms. The number of nitrogens with two attached hydrogens (primary N) is 1. The van der Waals surface area contributed by atoms with Crippen molar-refractivity contribution in [1.29, 1.82) is 0 Å². The van der Waals surface area contributed by atoms with Crippen molar-refractivity contribution in [2.45, 2.75) is 51.1 Å². The molecule has 1 aliphatic carbocycles. The highest BCUT2D eigenvalue weighted by Crippen LogP contribution is 2.19. The molecule has 8 heteroatoms. The lowest BCUT2D eigenvalue weighted by atomic mass is 9.95. The zero-order valence-electron chi connectivity index (χ0n) is 13.5. The zero-order chi connectivity index (χ0) is 16.8. The molecule has 8 nitrogen and oxygen atoms in total. The lowest BCUT2D eigenvalue weighted by molar-refractivity contribution is -0.117. The summed E-state index contributed by atoms with van der Waals surface area (Å²) >= 11 is 0. The van der Waals surface area contributed by atoms with Gasteiger partial charge in [-0.05, 0) is 19.8 Å². The number of nitrogens with one attached hydrogen (secondary N) is 2. The van der Waals surface area contributed by atoms with E-state index in [-0.39, 0.29) is 29.3 Å². The fourth-order valence-corrected chi connectivity index (χ4v) is 2.45. The molecule has 1 heterocycles. The van der Waals surface area contributed by atoms with Crippen LogP contribution < -0.4 is 21.1 Å². The highest BCUT2D eigenvalue weighted by Gasteiger charge is 2.22. The largest absolute Gasteiger partial charge is 0.480 e. The number of methoxy groups -OCH3 is 1. The van der Waals surface area contributed by atoms with Gasteiger partial charge in [-0.3, -0.25) is 9.59 Å². The summed E-state index contributed by atoms with van der Waals surface area (Å²) in [6.07, 6.45) is 6.64. The number of rotatable bonds is 5. The lowest BCUT2D eigenvalue weighted by Crippen LogP contribution is -2.38. The molecule has 126 valence electrons. The van der Waals surface area contributed by atoms with Gasteiger partial charge in [0.1, 0.15) is 0 Å². The van der Waals surface area contributed by atoms with Gasteiger partial charge in [0, 0.05) is 6.04 Å². The van der Waals surface area contributed by atoms with Crippen LogP contribution in [-0.4, -0.2) is 41.0 Å². The highest BCUT2D eigenvalue weighted by atomic mass is 16.5. The van der Waals surface area contributed by atoms with Crippen LogP contribution in [0.4, 0.5) is 5.82 Å². The Kier molecular flexibility index (Phi) is 5.86. The molecule has 1 aliphatic rings. The fraction of sp³-hybridized carbons (Fsp3) is 0.600. The third kappa shape index (κ3) is 4.62. The lowest BCUT2D eigenvalue weighted by Gasteiger charge is -2.23. The van der Waals surface area contributed by atoms with Gasteiger partial charge >= 0.3 is 0 Å². The number of aromatic nitrogens is 2. The van der Waals surface area contributed by atoms with Crippen molar-refractivity contribution >= 4 is 17.6 Å². The predicted molar refractivity (Wildman–Crippen MR) is 85.2 cm³/mol. The number of carbonyl (C=O) groups excluding carboxylic acids is 2. The molecule has 0 aromatic carbocycles. The minimum Gasteiger partial charge on any atom is -0.480 e. The average molecular weight is 321 g/mol. The van der Waals surface area contributed by atoms with Crippen LogP contribution in [0.15, 0.2) is 6.20 Å². The minimum absolute atomic E-state index is 0.0314. The van der Waals surface area contributed by atoms with E-state index in [4.69, 9.17) is 10.5 Å². The maximum atomic E-state index is 12.5. The van der Waals surface area contributed by atoms with E-state index in [0.717, 1.165) is 25.7 Å². The highest BCUT2D eigenvalue weighted by molar-refractivity contribution is 6.02. The summed E-state index contributed by atoms with van der Waals surface area (Å²) in [5, 5.41) is 5.48. The van der Waals surface area contributed by atoms with E-state index >= 15 is 0 Å². The maximum Gasteiger partial charge on any atom is 0.274 e. The van der Waals surface area contributed by atoms with Crippen molar-refractivity contribution in [1.82, 2.24) is 15.3 Å². The van der Waals surface area contributed by atoms with Crippen molar-refractivity contribution in [3.8, 4) is 5.88 Å². The Balaban J connectivity index is 2.18. The quantitative estimate of drug-likeness (QED) is 0.739. The molecule has 4 N–H and O–H groups in total. The third-order valence-corrected chi connectivity index (χ3v) is 3.77. The number of ether oxygens (including phenoxy) is 1. The zero-order valence-corrected chi connectivity index (χ0v) is 13.5. The Morgan fingerprint density at radius 1 is 1.35 bits per heavy atom. The number of amides is 2. The molecule has 1 aromatic rings. The van der Waals surface area contributed by atoms with Crippen molar-refractivity contribution in [2.75, 3.05) is 12.4 Å². The van der Waals surface area contributed by atoms with Crippen LogP contribution in [0.2, 0.25) is 0 Å². The van der Waals surface area contributed by atoms with E-state index in [0.29, 0.717) is 0 Å². The summed E-state index contributed by atoms with van der Waals surface area (Å²) in [5.74, 6) is -0.515. The Labute approximate surface area is 135 Å². The average Bonchev–Trinajstić information content (AvgIpc) is 2.55. The molecule has 2 rings (SSSR count). The maximum absolute atomic E-state index is 12.5. The second-order valence-electron chi connectivity index (χ2n) is 5.70. The summed E-state index contributed by atoms with van der Waals surface area (Å²) in [6.45, 7) is 1.55. The van der Waals surface area contributed by atoms with E-state index in [9.17, 15) is 9.59 Å². The smallest absolute Gasteiger partial charge is 0.274 e. The van der Waals surface area contributed by atoms with Crippen LogP contribution in [0.25, 0.3) is 0 Å². The molecule has 0 saturated heterocycles. The summed E-state index contributed by atoms with van der Waals surface area (Å²) in [5.41, 5.74) is 5.56. The van der Waals surface area contributed by atoms with Gasteiger partial charge in [0.2, 0.25) is 11.8 Å². The molecular formula is C15H23N5O3. The monoisotopic (exact) mass is 321 g/mol. The molecule has 2 amide bonds. The van der Waals surface area contributed by atoms with Gasteiger partial charge in [-0.2, -0.15) is 0 Å². The van der Waals surface area contributed by atoms with Gasteiger partial charge in [-0.1, -0.05) is 19.3 Å². The first-order chi connectivity index (χ1) is 11.0. The summed E-state index contributed by atoms with van der Waals surface area (Å²) in [6, 6.07) is -0.589. The second kappa shape index (κ2) is 7.87. The van der Waals surface area contributed by atoms with Crippen molar-refractivity contribution in [2.24, 2.45) is 5.73 Å². The molecular weight excluding hydrogens is 298 g/mol. The topological polar surface area (TPSA) is 119 Å². The van der Waals surface area contributed by atoms with E-state index in [1.54, 1.807) is 6.92 Å². The van der Waals surface area contributed by atoms with Gasteiger partial charge in [0.15, 0.2) is 11.5 Å². The first-order valence-electron chi connectivity index (χ1n) is 7.79.